The Morgan fingerprint density at radius 1 is 1.30 bits per heavy atom. The number of nitrogens with zero attached hydrogens (tertiary/aromatic N) is 1. The zero-order valence-electron chi connectivity index (χ0n) is 12.9. The molecule has 1 fully saturated rings. The van der Waals surface area contributed by atoms with E-state index in [-0.39, 0.29) is 0 Å². The Morgan fingerprint density at radius 3 is 2.65 bits per heavy atom. The minimum absolute atomic E-state index is 0.700. The van der Waals surface area contributed by atoms with Gasteiger partial charge in [0, 0.05) is 17.6 Å². The van der Waals surface area contributed by atoms with E-state index in [4.69, 9.17) is 11.6 Å². The summed E-state index contributed by atoms with van der Waals surface area (Å²) in [4.78, 5) is 2.46. The summed E-state index contributed by atoms with van der Waals surface area (Å²) in [5, 5.41) is 4.48. The Balaban J connectivity index is 1.81. The van der Waals surface area contributed by atoms with E-state index in [2.05, 4.69) is 43.2 Å². The molecule has 2 atom stereocenters. The molecule has 112 valence electrons. The SMILES string of the molecule is CC(C)CNCC1CCC1N(C)Cc1ccccc1Cl. The van der Waals surface area contributed by atoms with E-state index in [1.165, 1.54) is 18.4 Å². The summed E-state index contributed by atoms with van der Waals surface area (Å²) in [6.07, 6.45) is 2.66. The quantitative estimate of drug-likeness (QED) is 0.823. The smallest absolute Gasteiger partial charge is 0.0451 e. The third-order valence-corrected chi connectivity index (χ3v) is 4.65. The fourth-order valence-corrected chi connectivity index (χ4v) is 3.14. The minimum atomic E-state index is 0.700. The number of hydrogen-bond donors (Lipinski definition) is 1. The molecule has 2 nitrogen and oxygen atoms in total. The number of halogens is 1. The highest BCUT2D eigenvalue weighted by Gasteiger charge is 2.33. The second kappa shape index (κ2) is 7.44. The molecule has 0 saturated heterocycles. The lowest BCUT2D eigenvalue weighted by Crippen LogP contribution is -2.48. The van der Waals surface area contributed by atoms with Gasteiger partial charge in [-0.05, 0) is 56.4 Å². The molecule has 2 rings (SSSR count). The molecule has 0 bridgehead atoms. The summed E-state index contributed by atoms with van der Waals surface area (Å²) < 4.78 is 0. The third kappa shape index (κ3) is 4.21. The van der Waals surface area contributed by atoms with Crippen molar-refractivity contribution in [3.05, 3.63) is 34.9 Å². The molecule has 0 spiro atoms. The normalized spacial score (nSPS) is 22.3. The van der Waals surface area contributed by atoms with E-state index in [1.807, 2.05) is 12.1 Å². The summed E-state index contributed by atoms with van der Waals surface area (Å²) in [6.45, 7) is 7.74. The van der Waals surface area contributed by atoms with Gasteiger partial charge in [0.2, 0.25) is 0 Å². The monoisotopic (exact) mass is 294 g/mol. The summed E-state index contributed by atoms with van der Waals surface area (Å²) in [5.41, 5.74) is 1.23. The average Bonchev–Trinajstić information content (AvgIpc) is 2.35. The summed E-state index contributed by atoms with van der Waals surface area (Å²) in [6, 6.07) is 8.87. The first-order chi connectivity index (χ1) is 9.58. The van der Waals surface area contributed by atoms with Crippen LogP contribution in [0.25, 0.3) is 0 Å². The van der Waals surface area contributed by atoms with E-state index in [1.54, 1.807) is 0 Å². The molecule has 1 saturated carbocycles. The van der Waals surface area contributed by atoms with Crippen molar-refractivity contribution in [1.29, 1.82) is 0 Å². The van der Waals surface area contributed by atoms with Crippen molar-refractivity contribution in [2.75, 3.05) is 20.1 Å². The van der Waals surface area contributed by atoms with Gasteiger partial charge in [-0.25, -0.2) is 0 Å². The molecular formula is C17H27ClN2. The van der Waals surface area contributed by atoms with E-state index in [0.29, 0.717) is 6.04 Å². The molecule has 20 heavy (non-hydrogen) atoms. The van der Waals surface area contributed by atoms with Crippen LogP contribution in [-0.2, 0) is 6.54 Å². The second-order valence-electron chi connectivity index (χ2n) is 6.46. The summed E-state index contributed by atoms with van der Waals surface area (Å²) in [5.74, 6) is 1.52. The van der Waals surface area contributed by atoms with Crippen LogP contribution in [-0.4, -0.2) is 31.1 Å². The Hall–Kier alpha value is -0.570. The maximum absolute atomic E-state index is 6.25. The number of benzene rings is 1. The van der Waals surface area contributed by atoms with E-state index in [9.17, 15) is 0 Å². The van der Waals surface area contributed by atoms with Gasteiger partial charge in [-0.3, -0.25) is 4.90 Å². The molecular weight excluding hydrogens is 268 g/mol. The molecule has 0 aromatic heterocycles. The zero-order chi connectivity index (χ0) is 14.5. The van der Waals surface area contributed by atoms with Gasteiger partial charge in [-0.2, -0.15) is 0 Å². The van der Waals surface area contributed by atoms with Crippen molar-refractivity contribution >= 4 is 11.6 Å². The highest BCUT2D eigenvalue weighted by Crippen LogP contribution is 2.32. The fourth-order valence-electron chi connectivity index (χ4n) is 2.94. The van der Waals surface area contributed by atoms with Crippen molar-refractivity contribution in [2.24, 2.45) is 11.8 Å². The Kier molecular flexibility index (Phi) is 5.88. The molecule has 0 heterocycles. The van der Waals surface area contributed by atoms with Gasteiger partial charge < -0.3 is 5.32 Å². The molecule has 0 amide bonds. The van der Waals surface area contributed by atoms with Gasteiger partial charge in [-0.1, -0.05) is 43.6 Å². The van der Waals surface area contributed by atoms with Crippen molar-refractivity contribution < 1.29 is 0 Å². The molecule has 1 aliphatic carbocycles. The standard InChI is InChI=1S/C17H27ClN2/c1-13(2)10-19-11-14-8-9-17(14)20(3)12-15-6-4-5-7-16(15)18/h4-7,13-14,17,19H,8-12H2,1-3H3. The number of nitrogens with one attached hydrogen (secondary N) is 1. The van der Waals surface area contributed by atoms with Crippen molar-refractivity contribution in [2.45, 2.75) is 39.3 Å². The third-order valence-electron chi connectivity index (χ3n) is 4.28. The lowest BCUT2D eigenvalue weighted by Gasteiger charge is -2.43. The molecule has 1 aromatic rings. The van der Waals surface area contributed by atoms with E-state index in [0.717, 1.165) is 36.5 Å². The average molecular weight is 295 g/mol. The van der Waals surface area contributed by atoms with Crippen LogP contribution in [0.4, 0.5) is 0 Å². The van der Waals surface area contributed by atoms with Crippen LogP contribution < -0.4 is 5.32 Å². The van der Waals surface area contributed by atoms with Gasteiger partial charge in [0.25, 0.3) is 0 Å². The fraction of sp³-hybridized carbons (Fsp3) is 0.647. The molecule has 1 aromatic carbocycles. The first-order valence-electron chi connectivity index (χ1n) is 7.72. The lowest BCUT2D eigenvalue weighted by atomic mass is 9.78. The van der Waals surface area contributed by atoms with Gasteiger partial charge in [0.1, 0.15) is 0 Å². The van der Waals surface area contributed by atoms with Crippen LogP contribution in [0, 0.1) is 11.8 Å². The summed E-state index contributed by atoms with van der Waals surface area (Å²) >= 11 is 6.25. The van der Waals surface area contributed by atoms with E-state index >= 15 is 0 Å². The van der Waals surface area contributed by atoms with Crippen LogP contribution in [0.5, 0.6) is 0 Å². The van der Waals surface area contributed by atoms with Crippen molar-refractivity contribution in [3.63, 3.8) is 0 Å². The molecule has 0 aliphatic heterocycles. The van der Waals surface area contributed by atoms with Gasteiger partial charge >= 0.3 is 0 Å². The predicted octanol–water partition coefficient (Wildman–Crippen LogP) is 3.80. The highest BCUT2D eigenvalue weighted by molar-refractivity contribution is 6.31. The zero-order valence-corrected chi connectivity index (χ0v) is 13.7. The van der Waals surface area contributed by atoms with E-state index < -0.39 is 0 Å². The molecule has 1 N–H and O–H groups in total. The van der Waals surface area contributed by atoms with Gasteiger partial charge in [-0.15, -0.1) is 0 Å². The highest BCUT2D eigenvalue weighted by atomic mass is 35.5. The van der Waals surface area contributed by atoms with Crippen LogP contribution in [0.15, 0.2) is 24.3 Å². The molecule has 0 radical (unpaired) electrons. The number of hydrogen-bond acceptors (Lipinski definition) is 2. The minimum Gasteiger partial charge on any atom is -0.316 e. The van der Waals surface area contributed by atoms with Crippen LogP contribution >= 0.6 is 11.6 Å². The lowest BCUT2D eigenvalue weighted by molar-refractivity contribution is 0.0777. The van der Waals surface area contributed by atoms with Crippen LogP contribution in [0.2, 0.25) is 5.02 Å². The second-order valence-corrected chi connectivity index (χ2v) is 6.87. The first-order valence-corrected chi connectivity index (χ1v) is 8.10. The van der Waals surface area contributed by atoms with Crippen molar-refractivity contribution in [1.82, 2.24) is 10.2 Å². The first kappa shape index (κ1) is 15.8. The largest absolute Gasteiger partial charge is 0.316 e. The van der Waals surface area contributed by atoms with Crippen LogP contribution in [0.3, 0.4) is 0 Å². The topological polar surface area (TPSA) is 15.3 Å². The summed E-state index contributed by atoms with van der Waals surface area (Å²) in [7, 11) is 2.22. The maximum Gasteiger partial charge on any atom is 0.0451 e. The molecule has 3 heteroatoms. The van der Waals surface area contributed by atoms with Gasteiger partial charge in [0.15, 0.2) is 0 Å². The predicted molar refractivity (Wildman–Crippen MR) is 87.1 cm³/mol. The molecule has 2 unspecified atom stereocenters. The van der Waals surface area contributed by atoms with Crippen LogP contribution in [0.1, 0.15) is 32.3 Å². The Bertz CT molecular complexity index is 419. The number of rotatable bonds is 7. The Morgan fingerprint density at radius 2 is 2.05 bits per heavy atom. The van der Waals surface area contributed by atoms with Crippen molar-refractivity contribution in [3.8, 4) is 0 Å². The maximum atomic E-state index is 6.25. The van der Waals surface area contributed by atoms with Gasteiger partial charge in [0.05, 0.1) is 0 Å². The Labute approximate surface area is 128 Å². The molecule has 1 aliphatic rings.